The van der Waals surface area contributed by atoms with E-state index in [0.29, 0.717) is 5.88 Å². The van der Waals surface area contributed by atoms with Gasteiger partial charge in [-0.25, -0.2) is 4.98 Å². The van der Waals surface area contributed by atoms with E-state index in [1.54, 1.807) is 0 Å². The Morgan fingerprint density at radius 2 is 1.81 bits per heavy atom. The van der Waals surface area contributed by atoms with Gasteiger partial charge in [-0.05, 0) is 37.0 Å². The van der Waals surface area contributed by atoms with Crippen molar-refractivity contribution in [3.8, 4) is 11.6 Å². The molecule has 0 atom stereocenters. The second-order valence-corrected chi connectivity index (χ2v) is 5.69. The van der Waals surface area contributed by atoms with Crippen molar-refractivity contribution in [3.05, 3.63) is 48.7 Å². The number of hydrogen-bond donors (Lipinski definition) is 1. The summed E-state index contributed by atoms with van der Waals surface area (Å²) in [4.78, 5) is 4.35. The molecule has 0 amide bonds. The fourth-order valence-electron chi connectivity index (χ4n) is 2.81. The summed E-state index contributed by atoms with van der Waals surface area (Å²) in [6.45, 7) is 1.06. The maximum atomic E-state index is 5.69. The number of benzene rings is 1. The minimum absolute atomic E-state index is 0.629. The molecule has 0 radical (unpaired) electrons. The lowest BCUT2D eigenvalue weighted by molar-refractivity contribution is 0.373. The number of pyridine rings is 1. The Kier molecular flexibility index (Phi) is 4.72. The summed E-state index contributed by atoms with van der Waals surface area (Å²) < 4.78 is 5.69. The molecular formula is C18H22N2O. The zero-order valence-electron chi connectivity index (χ0n) is 12.3. The number of hydrogen-bond acceptors (Lipinski definition) is 3. The first kappa shape index (κ1) is 13.9. The minimum Gasteiger partial charge on any atom is -0.439 e. The molecule has 1 N–H and O–H groups in total. The normalized spacial score (nSPS) is 15.6. The number of anilines is 1. The molecule has 1 aliphatic rings. The molecule has 110 valence electrons. The van der Waals surface area contributed by atoms with Crippen molar-refractivity contribution in [3.63, 3.8) is 0 Å². The third kappa shape index (κ3) is 4.22. The van der Waals surface area contributed by atoms with Gasteiger partial charge in [0.1, 0.15) is 5.75 Å². The Morgan fingerprint density at radius 1 is 1.00 bits per heavy atom. The number of aromatic nitrogens is 1. The molecule has 1 aromatic carbocycles. The summed E-state index contributed by atoms with van der Waals surface area (Å²) in [6.07, 6.45) is 8.73. The number of nitrogens with one attached hydrogen (secondary N) is 1. The molecule has 1 saturated carbocycles. The van der Waals surface area contributed by atoms with Crippen LogP contribution in [0, 0.1) is 5.92 Å². The Labute approximate surface area is 126 Å². The zero-order chi connectivity index (χ0) is 14.3. The number of ether oxygens (including phenoxy) is 1. The van der Waals surface area contributed by atoms with E-state index in [-0.39, 0.29) is 0 Å². The molecular weight excluding hydrogens is 260 g/mol. The Morgan fingerprint density at radius 3 is 2.52 bits per heavy atom. The van der Waals surface area contributed by atoms with Gasteiger partial charge in [-0.1, -0.05) is 37.5 Å². The van der Waals surface area contributed by atoms with Gasteiger partial charge in [0.25, 0.3) is 0 Å². The molecule has 0 unspecified atom stereocenters. The van der Waals surface area contributed by atoms with Crippen LogP contribution in [-0.2, 0) is 0 Å². The van der Waals surface area contributed by atoms with Crippen molar-refractivity contribution in [2.45, 2.75) is 32.1 Å². The van der Waals surface area contributed by atoms with Gasteiger partial charge in [-0.2, -0.15) is 0 Å². The highest BCUT2D eigenvalue weighted by Gasteiger charge is 2.12. The first-order valence-corrected chi connectivity index (χ1v) is 7.83. The maximum absolute atomic E-state index is 5.69. The lowest BCUT2D eigenvalue weighted by Gasteiger charge is -2.22. The number of rotatable bonds is 5. The first-order chi connectivity index (χ1) is 10.4. The maximum Gasteiger partial charge on any atom is 0.219 e. The van der Waals surface area contributed by atoms with E-state index in [4.69, 9.17) is 4.74 Å². The predicted octanol–water partition coefficient (Wildman–Crippen LogP) is 4.87. The molecule has 1 fully saturated rings. The van der Waals surface area contributed by atoms with Gasteiger partial charge >= 0.3 is 0 Å². The predicted molar refractivity (Wildman–Crippen MR) is 85.8 cm³/mol. The summed E-state index contributed by atoms with van der Waals surface area (Å²) in [7, 11) is 0. The van der Waals surface area contributed by atoms with Gasteiger partial charge in [0.05, 0.1) is 11.9 Å². The van der Waals surface area contributed by atoms with E-state index in [2.05, 4.69) is 10.3 Å². The fraction of sp³-hybridized carbons (Fsp3) is 0.389. The van der Waals surface area contributed by atoms with Gasteiger partial charge in [-0.15, -0.1) is 0 Å². The van der Waals surface area contributed by atoms with Crippen LogP contribution in [0.2, 0.25) is 0 Å². The average Bonchev–Trinajstić information content (AvgIpc) is 2.56. The van der Waals surface area contributed by atoms with Crippen molar-refractivity contribution >= 4 is 5.69 Å². The molecule has 3 rings (SSSR count). The largest absolute Gasteiger partial charge is 0.439 e. The highest BCUT2D eigenvalue weighted by atomic mass is 16.5. The molecule has 1 aromatic heterocycles. The molecule has 1 heterocycles. The van der Waals surface area contributed by atoms with Crippen LogP contribution in [0.3, 0.4) is 0 Å². The second-order valence-electron chi connectivity index (χ2n) is 5.69. The highest BCUT2D eigenvalue weighted by Crippen LogP contribution is 2.24. The molecule has 3 heteroatoms. The summed E-state index contributed by atoms with van der Waals surface area (Å²) >= 11 is 0. The zero-order valence-corrected chi connectivity index (χ0v) is 12.3. The van der Waals surface area contributed by atoms with Crippen LogP contribution in [0.15, 0.2) is 48.7 Å². The van der Waals surface area contributed by atoms with Crippen LogP contribution < -0.4 is 10.1 Å². The Bertz CT molecular complexity index is 533. The van der Waals surface area contributed by atoms with Crippen molar-refractivity contribution < 1.29 is 4.74 Å². The number of nitrogens with zero attached hydrogens (tertiary/aromatic N) is 1. The van der Waals surface area contributed by atoms with Gasteiger partial charge < -0.3 is 10.1 Å². The second kappa shape index (κ2) is 7.11. The molecule has 0 saturated heterocycles. The lowest BCUT2D eigenvalue weighted by atomic mass is 9.89. The van der Waals surface area contributed by atoms with Crippen molar-refractivity contribution in [1.82, 2.24) is 4.98 Å². The summed E-state index contributed by atoms with van der Waals surface area (Å²) in [5.74, 6) is 2.26. The van der Waals surface area contributed by atoms with Gasteiger partial charge in [0, 0.05) is 12.6 Å². The van der Waals surface area contributed by atoms with E-state index >= 15 is 0 Å². The van der Waals surface area contributed by atoms with Gasteiger partial charge in [-0.3, -0.25) is 0 Å². The third-order valence-corrected chi connectivity index (χ3v) is 4.02. The smallest absolute Gasteiger partial charge is 0.219 e. The highest BCUT2D eigenvalue weighted by molar-refractivity contribution is 5.42. The quantitative estimate of drug-likeness (QED) is 0.849. The van der Waals surface area contributed by atoms with Crippen LogP contribution in [0.4, 0.5) is 5.69 Å². The SMILES string of the molecule is c1ccc(Oc2ccc(NCC3CCCCC3)cn2)cc1. The lowest BCUT2D eigenvalue weighted by Crippen LogP contribution is -2.17. The average molecular weight is 282 g/mol. The summed E-state index contributed by atoms with van der Waals surface area (Å²) in [5, 5.41) is 3.49. The molecule has 2 aromatic rings. The van der Waals surface area contributed by atoms with E-state index in [1.165, 1.54) is 32.1 Å². The van der Waals surface area contributed by atoms with Crippen molar-refractivity contribution in [2.75, 3.05) is 11.9 Å². The van der Waals surface area contributed by atoms with Crippen LogP contribution in [-0.4, -0.2) is 11.5 Å². The first-order valence-electron chi connectivity index (χ1n) is 7.83. The topological polar surface area (TPSA) is 34.1 Å². The van der Waals surface area contributed by atoms with Crippen LogP contribution in [0.1, 0.15) is 32.1 Å². The molecule has 1 aliphatic carbocycles. The van der Waals surface area contributed by atoms with Crippen LogP contribution in [0.25, 0.3) is 0 Å². The molecule has 0 spiro atoms. The van der Waals surface area contributed by atoms with Crippen molar-refractivity contribution in [1.29, 1.82) is 0 Å². The Balaban J connectivity index is 1.51. The molecule has 0 bridgehead atoms. The monoisotopic (exact) mass is 282 g/mol. The Hall–Kier alpha value is -2.03. The van der Waals surface area contributed by atoms with E-state index in [1.807, 2.05) is 48.7 Å². The molecule has 3 nitrogen and oxygen atoms in total. The van der Waals surface area contributed by atoms with E-state index in [9.17, 15) is 0 Å². The van der Waals surface area contributed by atoms with E-state index < -0.39 is 0 Å². The third-order valence-electron chi connectivity index (χ3n) is 4.02. The standard InChI is InChI=1S/C18H22N2O/c1-3-7-15(8-4-1)13-19-16-11-12-18(20-14-16)21-17-9-5-2-6-10-17/h2,5-6,9-12,14-15,19H,1,3-4,7-8,13H2. The van der Waals surface area contributed by atoms with E-state index in [0.717, 1.165) is 23.9 Å². The fourth-order valence-corrected chi connectivity index (χ4v) is 2.81. The molecule has 0 aliphatic heterocycles. The van der Waals surface area contributed by atoms with Crippen molar-refractivity contribution in [2.24, 2.45) is 5.92 Å². The van der Waals surface area contributed by atoms with Crippen LogP contribution >= 0.6 is 0 Å². The van der Waals surface area contributed by atoms with Gasteiger partial charge in [0.15, 0.2) is 0 Å². The minimum atomic E-state index is 0.629. The summed E-state index contributed by atoms with van der Waals surface area (Å²) in [5.41, 5.74) is 1.07. The van der Waals surface area contributed by atoms with Gasteiger partial charge in [0.2, 0.25) is 5.88 Å². The van der Waals surface area contributed by atoms with Crippen LogP contribution in [0.5, 0.6) is 11.6 Å². The number of para-hydroxylation sites is 1. The summed E-state index contributed by atoms with van der Waals surface area (Å²) in [6, 6.07) is 13.7. The molecule has 21 heavy (non-hydrogen) atoms.